The van der Waals surface area contributed by atoms with Gasteiger partial charge in [0.05, 0.1) is 0 Å². The van der Waals surface area contributed by atoms with Crippen molar-refractivity contribution in [3.05, 3.63) is 69.2 Å². The van der Waals surface area contributed by atoms with Crippen molar-refractivity contribution in [2.24, 2.45) is 5.73 Å². The van der Waals surface area contributed by atoms with E-state index in [9.17, 15) is 0 Å². The summed E-state index contributed by atoms with van der Waals surface area (Å²) in [6.07, 6.45) is 0. The SMILES string of the molecule is NCC(NCc1ccccc1)c1cc(Cl)ccc1Br. The smallest absolute Gasteiger partial charge is 0.0458 e. The van der Waals surface area contributed by atoms with Crippen LogP contribution < -0.4 is 11.1 Å². The molecule has 0 spiro atoms. The number of hydrogen-bond donors (Lipinski definition) is 2. The quantitative estimate of drug-likeness (QED) is 0.867. The summed E-state index contributed by atoms with van der Waals surface area (Å²) >= 11 is 9.59. The first kappa shape index (κ1) is 14.5. The van der Waals surface area contributed by atoms with Crippen LogP contribution in [0.3, 0.4) is 0 Å². The first-order valence-electron chi connectivity index (χ1n) is 6.13. The van der Waals surface area contributed by atoms with Crippen LogP contribution in [0.1, 0.15) is 17.2 Å². The third-order valence-corrected chi connectivity index (χ3v) is 3.92. The normalized spacial score (nSPS) is 12.4. The fourth-order valence-electron chi connectivity index (χ4n) is 1.94. The van der Waals surface area contributed by atoms with E-state index in [0.29, 0.717) is 6.54 Å². The Morgan fingerprint density at radius 3 is 2.58 bits per heavy atom. The standard InChI is InChI=1S/C15H16BrClN2/c16-14-7-6-12(17)8-13(14)15(9-18)19-10-11-4-2-1-3-5-11/h1-8,15,19H,9-10,18H2. The van der Waals surface area contributed by atoms with Gasteiger partial charge in [-0.2, -0.15) is 0 Å². The van der Waals surface area contributed by atoms with Crippen LogP contribution >= 0.6 is 27.5 Å². The predicted molar refractivity (Wildman–Crippen MR) is 84.2 cm³/mol. The Labute approximate surface area is 127 Å². The van der Waals surface area contributed by atoms with Crippen molar-refractivity contribution >= 4 is 27.5 Å². The first-order valence-corrected chi connectivity index (χ1v) is 7.30. The van der Waals surface area contributed by atoms with Crippen molar-refractivity contribution < 1.29 is 0 Å². The van der Waals surface area contributed by atoms with Gasteiger partial charge in [0, 0.05) is 28.6 Å². The third kappa shape index (κ3) is 4.05. The van der Waals surface area contributed by atoms with Crippen LogP contribution in [0.25, 0.3) is 0 Å². The van der Waals surface area contributed by atoms with Crippen LogP contribution in [-0.2, 0) is 6.54 Å². The molecule has 2 aromatic rings. The molecule has 3 N–H and O–H groups in total. The lowest BCUT2D eigenvalue weighted by Gasteiger charge is -2.19. The second kappa shape index (κ2) is 7.06. The summed E-state index contributed by atoms with van der Waals surface area (Å²) in [4.78, 5) is 0. The summed E-state index contributed by atoms with van der Waals surface area (Å²) in [5.74, 6) is 0. The molecule has 19 heavy (non-hydrogen) atoms. The minimum atomic E-state index is 0.0771. The van der Waals surface area contributed by atoms with Gasteiger partial charge in [0.25, 0.3) is 0 Å². The second-order valence-electron chi connectivity index (χ2n) is 4.32. The lowest BCUT2D eigenvalue weighted by molar-refractivity contribution is 0.540. The van der Waals surface area contributed by atoms with Crippen molar-refractivity contribution in [1.82, 2.24) is 5.32 Å². The molecule has 2 nitrogen and oxygen atoms in total. The fourth-order valence-corrected chi connectivity index (χ4v) is 2.64. The topological polar surface area (TPSA) is 38.0 Å². The monoisotopic (exact) mass is 338 g/mol. The van der Waals surface area contributed by atoms with Gasteiger partial charge in [-0.25, -0.2) is 0 Å². The van der Waals surface area contributed by atoms with Crippen LogP contribution in [0.4, 0.5) is 0 Å². The lowest BCUT2D eigenvalue weighted by atomic mass is 10.1. The van der Waals surface area contributed by atoms with Crippen LogP contribution in [0.5, 0.6) is 0 Å². The molecule has 0 amide bonds. The molecular weight excluding hydrogens is 324 g/mol. The number of hydrogen-bond acceptors (Lipinski definition) is 2. The average molecular weight is 340 g/mol. The van der Waals surface area contributed by atoms with Gasteiger partial charge in [-0.05, 0) is 29.3 Å². The van der Waals surface area contributed by atoms with E-state index in [-0.39, 0.29) is 6.04 Å². The zero-order chi connectivity index (χ0) is 13.7. The van der Waals surface area contributed by atoms with E-state index < -0.39 is 0 Å². The van der Waals surface area contributed by atoms with Crippen molar-refractivity contribution in [2.45, 2.75) is 12.6 Å². The Hall–Kier alpha value is -0.870. The van der Waals surface area contributed by atoms with Gasteiger partial charge in [0.1, 0.15) is 0 Å². The highest BCUT2D eigenvalue weighted by molar-refractivity contribution is 9.10. The summed E-state index contributed by atoms with van der Waals surface area (Å²) in [7, 11) is 0. The number of halogens is 2. The van der Waals surface area contributed by atoms with Crippen molar-refractivity contribution in [3.8, 4) is 0 Å². The molecule has 0 aliphatic carbocycles. The van der Waals surface area contributed by atoms with Crippen molar-refractivity contribution in [2.75, 3.05) is 6.54 Å². The van der Waals surface area contributed by atoms with E-state index in [2.05, 4.69) is 33.4 Å². The highest BCUT2D eigenvalue weighted by Gasteiger charge is 2.12. The van der Waals surface area contributed by atoms with Gasteiger partial charge in [0.15, 0.2) is 0 Å². The van der Waals surface area contributed by atoms with E-state index in [1.54, 1.807) is 0 Å². The Bertz CT molecular complexity index is 531. The molecule has 0 saturated heterocycles. The van der Waals surface area contributed by atoms with Crippen molar-refractivity contribution in [3.63, 3.8) is 0 Å². The van der Waals surface area contributed by atoms with Gasteiger partial charge in [0.2, 0.25) is 0 Å². The van der Waals surface area contributed by atoms with Gasteiger partial charge >= 0.3 is 0 Å². The molecule has 0 saturated carbocycles. The maximum Gasteiger partial charge on any atom is 0.0458 e. The van der Waals surface area contributed by atoms with Crippen LogP contribution in [0.15, 0.2) is 53.0 Å². The van der Waals surface area contributed by atoms with Crippen molar-refractivity contribution in [1.29, 1.82) is 0 Å². The predicted octanol–water partition coefficient (Wildman–Crippen LogP) is 3.89. The van der Waals surface area contributed by atoms with E-state index in [4.69, 9.17) is 17.3 Å². The minimum Gasteiger partial charge on any atom is -0.329 e. The number of nitrogens with two attached hydrogens (primary N) is 1. The molecule has 1 atom stereocenters. The number of rotatable bonds is 5. The fraction of sp³-hybridized carbons (Fsp3) is 0.200. The highest BCUT2D eigenvalue weighted by Crippen LogP contribution is 2.26. The molecule has 1 unspecified atom stereocenters. The zero-order valence-corrected chi connectivity index (χ0v) is 12.8. The van der Waals surface area contributed by atoms with E-state index in [0.717, 1.165) is 21.6 Å². The van der Waals surface area contributed by atoms with Gasteiger partial charge < -0.3 is 11.1 Å². The molecule has 0 aromatic heterocycles. The molecule has 2 aromatic carbocycles. The molecular formula is C15H16BrClN2. The summed E-state index contributed by atoms with van der Waals surface area (Å²) < 4.78 is 1.02. The Balaban J connectivity index is 2.10. The maximum atomic E-state index is 6.05. The van der Waals surface area contributed by atoms with Crippen LogP contribution in [0.2, 0.25) is 5.02 Å². The molecule has 0 heterocycles. The van der Waals surface area contributed by atoms with E-state index >= 15 is 0 Å². The molecule has 0 radical (unpaired) electrons. The molecule has 4 heteroatoms. The van der Waals surface area contributed by atoms with Gasteiger partial charge in [-0.1, -0.05) is 57.9 Å². The Kier molecular flexibility index (Phi) is 5.40. The lowest BCUT2D eigenvalue weighted by Crippen LogP contribution is -2.28. The molecule has 0 aliphatic heterocycles. The first-order chi connectivity index (χ1) is 9.20. The zero-order valence-electron chi connectivity index (χ0n) is 10.4. The van der Waals surface area contributed by atoms with E-state index in [1.807, 2.05) is 36.4 Å². The molecule has 0 aliphatic rings. The summed E-state index contributed by atoms with van der Waals surface area (Å²) in [6, 6.07) is 16.1. The molecule has 100 valence electrons. The highest BCUT2D eigenvalue weighted by atomic mass is 79.9. The van der Waals surface area contributed by atoms with E-state index in [1.165, 1.54) is 5.56 Å². The summed E-state index contributed by atoms with van der Waals surface area (Å²) in [6.45, 7) is 1.30. The van der Waals surface area contributed by atoms with Gasteiger partial charge in [-0.15, -0.1) is 0 Å². The van der Waals surface area contributed by atoms with Crippen LogP contribution in [0, 0.1) is 0 Å². The van der Waals surface area contributed by atoms with Crippen LogP contribution in [-0.4, -0.2) is 6.54 Å². The average Bonchev–Trinajstić information content (AvgIpc) is 2.44. The number of nitrogens with one attached hydrogen (secondary N) is 1. The maximum absolute atomic E-state index is 6.05. The second-order valence-corrected chi connectivity index (χ2v) is 5.61. The Morgan fingerprint density at radius 1 is 1.16 bits per heavy atom. The van der Waals surface area contributed by atoms with Gasteiger partial charge in [-0.3, -0.25) is 0 Å². The summed E-state index contributed by atoms with van der Waals surface area (Å²) in [5, 5.41) is 4.18. The Morgan fingerprint density at radius 2 is 1.89 bits per heavy atom. The molecule has 0 bridgehead atoms. The third-order valence-electron chi connectivity index (χ3n) is 2.96. The number of benzene rings is 2. The molecule has 0 fully saturated rings. The molecule has 2 rings (SSSR count). The largest absolute Gasteiger partial charge is 0.329 e. The summed E-state index contributed by atoms with van der Waals surface area (Å²) in [5.41, 5.74) is 8.19. The minimum absolute atomic E-state index is 0.0771.